The van der Waals surface area contributed by atoms with Crippen LogP contribution in [0.5, 0.6) is 5.75 Å². The van der Waals surface area contributed by atoms with E-state index in [-0.39, 0.29) is 17.2 Å². The number of rotatable bonds is 7. The lowest BCUT2D eigenvalue weighted by molar-refractivity contribution is -0.118. The van der Waals surface area contributed by atoms with Crippen LogP contribution in [0.2, 0.25) is 0 Å². The molecule has 0 spiro atoms. The molecule has 4 rings (SSSR count). The third-order valence-electron chi connectivity index (χ3n) is 5.11. The van der Waals surface area contributed by atoms with Crippen molar-refractivity contribution in [3.8, 4) is 11.4 Å². The third-order valence-corrected chi connectivity index (χ3v) is 6.05. The Morgan fingerprint density at radius 3 is 2.73 bits per heavy atom. The second-order valence-corrected chi connectivity index (χ2v) is 8.35. The molecular weight excluding hydrogens is 441 g/mol. The Kier molecular flexibility index (Phi) is 6.74. The number of benzene rings is 3. The number of hydrogen-bond acceptors (Lipinski definition) is 5. The molecule has 0 aliphatic carbocycles. The molecule has 0 unspecified atom stereocenters. The normalized spacial score (nSPS) is 10.9. The summed E-state index contributed by atoms with van der Waals surface area (Å²) in [7, 11) is 1.59. The standard InChI is InChI=1S/C25H22FN3O3S/c1-16-10-11-18(13-21(16)26)29-24(31)20-8-3-4-9-22(20)28-25(29)33-15-23(30)27-14-17-6-5-7-19(12-17)32-2/h3-13H,14-15H2,1-2H3,(H,27,30). The summed E-state index contributed by atoms with van der Waals surface area (Å²) in [5.74, 6) is 0.126. The van der Waals surface area contributed by atoms with Gasteiger partial charge in [-0.1, -0.05) is 42.1 Å². The molecule has 1 heterocycles. The fraction of sp³-hybridized carbons (Fsp3) is 0.160. The highest BCUT2D eigenvalue weighted by atomic mass is 32.2. The van der Waals surface area contributed by atoms with E-state index in [4.69, 9.17) is 4.74 Å². The van der Waals surface area contributed by atoms with Gasteiger partial charge >= 0.3 is 0 Å². The second-order valence-electron chi connectivity index (χ2n) is 7.40. The number of para-hydroxylation sites is 1. The zero-order valence-corrected chi connectivity index (χ0v) is 19.0. The van der Waals surface area contributed by atoms with E-state index < -0.39 is 5.82 Å². The summed E-state index contributed by atoms with van der Waals surface area (Å²) in [5.41, 5.74) is 1.95. The van der Waals surface area contributed by atoms with E-state index in [0.717, 1.165) is 17.3 Å². The van der Waals surface area contributed by atoms with Crippen molar-refractivity contribution in [3.63, 3.8) is 0 Å². The molecule has 8 heteroatoms. The number of hydrogen-bond donors (Lipinski definition) is 1. The smallest absolute Gasteiger partial charge is 0.266 e. The lowest BCUT2D eigenvalue weighted by Crippen LogP contribution is -2.26. The number of carbonyl (C=O) groups excluding carboxylic acids is 1. The van der Waals surface area contributed by atoms with E-state index >= 15 is 0 Å². The minimum Gasteiger partial charge on any atom is -0.497 e. The molecule has 0 radical (unpaired) electrons. The van der Waals surface area contributed by atoms with Crippen molar-refractivity contribution in [2.24, 2.45) is 0 Å². The Hall–Kier alpha value is -3.65. The molecule has 3 aromatic carbocycles. The number of fused-ring (bicyclic) bond motifs is 1. The Morgan fingerprint density at radius 1 is 1.12 bits per heavy atom. The van der Waals surface area contributed by atoms with Crippen molar-refractivity contribution >= 4 is 28.6 Å². The molecule has 168 valence electrons. The first-order valence-corrected chi connectivity index (χ1v) is 11.3. The molecule has 0 bridgehead atoms. The Morgan fingerprint density at radius 2 is 1.94 bits per heavy atom. The quantitative estimate of drug-likeness (QED) is 0.328. The SMILES string of the molecule is COc1cccc(CNC(=O)CSc2nc3ccccc3c(=O)n2-c2ccc(C)c(F)c2)c1. The van der Waals surface area contributed by atoms with E-state index in [1.807, 2.05) is 24.3 Å². The molecule has 0 saturated carbocycles. The third kappa shape index (κ3) is 5.06. The number of amides is 1. The fourth-order valence-electron chi connectivity index (χ4n) is 3.32. The van der Waals surface area contributed by atoms with Crippen molar-refractivity contribution in [2.45, 2.75) is 18.6 Å². The van der Waals surface area contributed by atoms with Crippen LogP contribution in [0, 0.1) is 12.7 Å². The molecule has 4 aromatic rings. The lowest BCUT2D eigenvalue weighted by atomic mass is 10.2. The summed E-state index contributed by atoms with van der Waals surface area (Å²) < 4.78 is 20.8. The number of aryl methyl sites for hydroxylation is 1. The molecular formula is C25H22FN3O3S. The first-order chi connectivity index (χ1) is 16.0. The molecule has 0 aliphatic rings. The number of ether oxygens (including phenoxy) is 1. The number of thioether (sulfide) groups is 1. The van der Waals surface area contributed by atoms with Gasteiger partial charge in [0.1, 0.15) is 11.6 Å². The minimum atomic E-state index is -0.417. The maximum atomic E-state index is 14.3. The highest BCUT2D eigenvalue weighted by molar-refractivity contribution is 7.99. The van der Waals surface area contributed by atoms with Crippen molar-refractivity contribution in [3.05, 3.63) is 94.0 Å². The maximum absolute atomic E-state index is 14.3. The summed E-state index contributed by atoms with van der Waals surface area (Å²) in [6.45, 7) is 2.00. The Labute approximate surface area is 194 Å². The zero-order valence-electron chi connectivity index (χ0n) is 18.2. The molecule has 33 heavy (non-hydrogen) atoms. The van der Waals surface area contributed by atoms with Gasteiger partial charge in [-0.25, -0.2) is 9.37 Å². The van der Waals surface area contributed by atoms with E-state index in [2.05, 4.69) is 10.3 Å². The molecule has 0 saturated heterocycles. The predicted molar refractivity (Wildman–Crippen MR) is 128 cm³/mol. The summed E-state index contributed by atoms with van der Waals surface area (Å²) in [6, 6.07) is 19.0. The topological polar surface area (TPSA) is 73.2 Å². The summed E-state index contributed by atoms with van der Waals surface area (Å²) in [4.78, 5) is 30.3. The molecule has 0 fully saturated rings. The number of methoxy groups -OCH3 is 1. The van der Waals surface area contributed by atoms with Crippen LogP contribution in [0.4, 0.5) is 4.39 Å². The van der Waals surface area contributed by atoms with E-state index in [0.29, 0.717) is 39.6 Å². The molecule has 0 atom stereocenters. The van der Waals surface area contributed by atoms with Gasteiger partial charge in [0.15, 0.2) is 5.16 Å². The van der Waals surface area contributed by atoms with E-state index in [1.165, 1.54) is 10.6 Å². The van der Waals surface area contributed by atoms with Crippen LogP contribution >= 0.6 is 11.8 Å². The van der Waals surface area contributed by atoms with Gasteiger partial charge in [0, 0.05) is 6.54 Å². The van der Waals surface area contributed by atoms with Crippen LogP contribution in [-0.2, 0) is 11.3 Å². The number of halogens is 1. The lowest BCUT2D eigenvalue weighted by Gasteiger charge is -2.14. The summed E-state index contributed by atoms with van der Waals surface area (Å²) >= 11 is 1.12. The highest BCUT2D eigenvalue weighted by Gasteiger charge is 2.15. The summed E-state index contributed by atoms with van der Waals surface area (Å²) in [6.07, 6.45) is 0. The predicted octanol–water partition coefficient (Wildman–Crippen LogP) is 4.25. The molecule has 0 aliphatic heterocycles. The van der Waals surface area contributed by atoms with Gasteiger partial charge in [0.2, 0.25) is 5.91 Å². The molecule has 1 amide bonds. The monoisotopic (exact) mass is 463 g/mol. The van der Waals surface area contributed by atoms with Crippen LogP contribution in [0.3, 0.4) is 0 Å². The van der Waals surface area contributed by atoms with Crippen LogP contribution in [0.25, 0.3) is 16.6 Å². The Bertz CT molecular complexity index is 1390. The Balaban J connectivity index is 1.59. The van der Waals surface area contributed by atoms with Crippen molar-refractivity contribution in [1.29, 1.82) is 0 Å². The van der Waals surface area contributed by atoms with Gasteiger partial charge in [0.25, 0.3) is 5.56 Å². The molecule has 1 N–H and O–H groups in total. The average Bonchev–Trinajstić information content (AvgIpc) is 2.83. The van der Waals surface area contributed by atoms with E-state index in [1.54, 1.807) is 50.4 Å². The first kappa shape index (κ1) is 22.5. The van der Waals surface area contributed by atoms with Gasteiger partial charge in [-0.2, -0.15) is 0 Å². The van der Waals surface area contributed by atoms with E-state index in [9.17, 15) is 14.0 Å². The maximum Gasteiger partial charge on any atom is 0.266 e. The van der Waals surface area contributed by atoms with Gasteiger partial charge in [-0.3, -0.25) is 14.2 Å². The number of aromatic nitrogens is 2. The number of carbonyl (C=O) groups is 1. The van der Waals surface area contributed by atoms with Gasteiger partial charge < -0.3 is 10.1 Å². The second kappa shape index (κ2) is 9.87. The number of nitrogens with zero attached hydrogens (tertiary/aromatic N) is 2. The van der Waals surface area contributed by atoms with Crippen LogP contribution in [0.1, 0.15) is 11.1 Å². The minimum absolute atomic E-state index is 0.0447. The molecule has 6 nitrogen and oxygen atoms in total. The van der Waals surface area contributed by atoms with Gasteiger partial charge in [0.05, 0.1) is 29.5 Å². The number of nitrogens with one attached hydrogen (secondary N) is 1. The van der Waals surface area contributed by atoms with Gasteiger partial charge in [-0.15, -0.1) is 0 Å². The highest BCUT2D eigenvalue weighted by Crippen LogP contribution is 2.22. The van der Waals surface area contributed by atoms with Crippen LogP contribution in [0.15, 0.2) is 76.7 Å². The van der Waals surface area contributed by atoms with Crippen LogP contribution in [-0.4, -0.2) is 28.3 Å². The summed E-state index contributed by atoms with van der Waals surface area (Å²) in [5, 5.41) is 3.60. The molecule has 1 aromatic heterocycles. The van der Waals surface area contributed by atoms with Gasteiger partial charge in [-0.05, 0) is 54.4 Å². The zero-order chi connectivity index (χ0) is 23.4. The van der Waals surface area contributed by atoms with Crippen molar-refractivity contribution in [1.82, 2.24) is 14.9 Å². The fourth-order valence-corrected chi connectivity index (χ4v) is 4.16. The average molecular weight is 464 g/mol. The van der Waals surface area contributed by atoms with Crippen LogP contribution < -0.4 is 15.6 Å². The largest absolute Gasteiger partial charge is 0.497 e. The van der Waals surface area contributed by atoms with Crippen molar-refractivity contribution in [2.75, 3.05) is 12.9 Å². The van der Waals surface area contributed by atoms with Crippen molar-refractivity contribution < 1.29 is 13.9 Å². The first-order valence-electron chi connectivity index (χ1n) is 10.3.